The van der Waals surface area contributed by atoms with Crippen LogP contribution >= 0.6 is 0 Å². The third-order valence-electron chi connectivity index (χ3n) is 4.06. The number of carbonyl (C=O) groups is 1. The molecule has 0 bridgehead atoms. The average Bonchev–Trinajstić information content (AvgIpc) is 3.22. The topological polar surface area (TPSA) is 26.3 Å². The molecule has 1 aromatic rings. The lowest BCUT2D eigenvalue weighted by Crippen LogP contribution is -2.03. The number of methoxy groups -OCH3 is 1. The van der Waals surface area contributed by atoms with Gasteiger partial charge in [0.15, 0.2) is 5.78 Å². The molecule has 19 heavy (non-hydrogen) atoms. The number of unbranched alkanes of at least 4 members (excludes halogenated alkanes) is 3. The van der Waals surface area contributed by atoms with Crippen LogP contribution in [0.1, 0.15) is 55.8 Å². The van der Waals surface area contributed by atoms with Crippen molar-refractivity contribution in [3.8, 4) is 5.75 Å². The van der Waals surface area contributed by atoms with Crippen LogP contribution < -0.4 is 4.74 Å². The maximum absolute atomic E-state index is 12.3. The zero-order valence-electron chi connectivity index (χ0n) is 12.0. The van der Waals surface area contributed by atoms with Crippen molar-refractivity contribution in [1.82, 2.24) is 0 Å². The predicted molar refractivity (Wildman–Crippen MR) is 77.7 cm³/mol. The first-order chi connectivity index (χ1) is 9.26. The van der Waals surface area contributed by atoms with Crippen LogP contribution in [0.3, 0.4) is 0 Å². The van der Waals surface area contributed by atoms with E-state index in [1.807, 2.05) is 24.3 Å². The number of rotatable bonds is 8. The number of hydrogen-bond donors (Lipinski definition) is 0. The second kappa shape index (κ2) is 6.74. The Morgan fingerprint density at radius 3 is 2.58 bits per heavy atom. The Hall–Kier alpha value is -1.31. The molecule has 0 radical (unpaired) electrons. The van der Waals surface area contributed by atoms with Gasteiger partial charge >= 0.3 is 0 Å². The van der Waals surface area contributed by atoms with E-state index >= 15 is 0 Å². The fourth-order valence-corrected chi connectivity index (χ4v) is 2.69. The molecule has 2 atom stereocenters. The molecule has 1 aliphatic rings. The summed E-state index contributed by atoms with van der Waals surface area (Å²) in [6, 6.07) is 7.50. The molecule has 0 aliphatic heterocycles. The summed E-state index contributed by atoms with van der Waals surface area (Å²) in [6.07, 6.45) is 7.52. The van der Waals surface area contributed by atoms with Crippen LogP contribution in [0.2, 0.25) is 0 Å². The fourth-order valence-electron chi connectivity index (χ4n) is 2.69. The van der Waals surface area contributed by atoms with E-state index in [4.69, 9.17) is 4.74 Å². The highest BCUT2D eigenvalue weighted by Crippen LogP contribution is 2.44. The zero-order chi connectivity index (χ0) is 13.7. The van der Waals surface area contributed by atoms with Gasteiger partial charge in [-0.1, -0.05) is 32.6 Å². The lowest BCUT2D eigenvalue weighted by atomic mass is 10.0. The molecule has 1 fully saturated rings. The highest BCUT2D eigenvalue weighted by molar-refractivity contribution is 5.99. The summed E-state index contributed by atoms with van der Waals surface area (Å²) in [7, 11) is 1.64. The second-order valence-electron chi connectivity index (χ2n) is 5.54. The minimum absolute atomic E-state index is 0.287. The molecule has 2 rings (SSSR count). The number of Topliss-reactive ketones (excluding diaryl/α,β-unsaturated/α-hetero) is 1. The van der Waals surface area contributed by atoms with Gasteiger partial charge in [0, 0.05) is 11.5 Å². The number of ketones is 1. The number of hydrogen-bond acceptors (Lipinski definition) is 2. The molecule has 0 heterocycles. The fraction of sp³-hybridized carbons (Fsp3) is 0.588. The van der Waals surface area contributed by atoms with Crippen molar-refractivity contribution in [3.63, 3.8) is 0 Å². The minimum atomic E-state index is 0.287. The molecule has 0 N–H and O–H groups in total. The van der Waals surface area contributed by atoms with E-state index in [2.05, 4.69) is 6.92 Å². The van der Waals surface area contributed by atoms with Gasteiger partial charge in [-0.3, -0.25) is 4.79 Å². The number of carbonyl (C=O) groups excluding carboxylic acids is 1. The van der Waals surface area contributed by atoms with E-state index < -0.39 is 0 Å². The summed E-state index contributed by atoms with van der Waals surface area (Å²) in [5.41, 5.74) is 0.835. The van der Waals surface area contributed by atoms with E-state index in [1.54, 1.807) is 7.11 Å². The quantitative estimate of drug-likeness (QED) is 0.508. The summed E-state index contributed by atoms with van der Waals surface area (Å²) in [6.45, 7) is 2.23. The lowest BCUT2D eigenvalue weighted by Gasteiger charge is -2.03. The molecule has 2 nitrogen and oxygen atoms in total. The van der Waals surface area contributed by atoms with E-state index in [-0.39, 0.29) is 5.92 Å². The van der Waals surface area contributed by atoms with Crippen LogP contribution in [-0.4, -0.2) is 12.9 Å². The normalized spacial score (nSPS) is 21.2. The van der Waals surface area contributed by atoms with Crippen molar-refractivity contribution in [2.45, 2.75) is 45.4 Å². The van der Waals surface area contributed by atoms with Crippen molar-refractivity contribution in [2.24, 2.45) is 11.8 Å². The Bertz CT molecular complexity index is 408. The largest absolute Gasteiger partial charge is 0.497 e. The Morgan fingerprint density at radius 1 is 1.21 bits per heavy atom. The highest BCUT2D eigenvalue weighted by Gasteiger charge is 2.42. The Kier molecular flexibility index (Phi) is 5.00. The molecule has 0 saturated heterocycles. The van der Waals surface area contributed by atoms with Gasteiger partial charge in [-0.05, 0) is 43.0 Å². The minimum Gasteiger partial charge on any atom is -0.497 e. The Balaban J connectivity index is 1.78. The molecule has 1 aliphatic carbocycles. The van der Waals surface area contributed by atoms with Crippen LogP contribution in [-0.2, 0) is 0 Å². The summed E-state index contributed by atoms with van der Waals surface area (Å²) in [5, 5.41) is 0. The standard InChI is InChI=1S/C17H24O2/c1-3-4-5-6-7-14-12-16(14)17(18)13-8-10-15(19-2)11-9-13/h8-11,14,16H,3-7,12H2,1-2H3/t14-,16-/m0/s1. The zero-order valence-corrected chi connectivity index (χ0v) is 12.0. The first-order valence-electron chi connectivity index (χ1n) is 7.44. The van der Waals surface area contributed by atoms with Gasteiger partial charge in [-0.2, -0.15) is 0 Å². The smallest absolute Gasteiger partial charge is 0.166 e. The highest BCUT2D eigenvalue weighted by atomic mass is 16.5. The molecular formula is C17H24O2. The molecule has 104 valence electrons. The van der Waals surface area contributed by atoms with E-state index in [0.717, 1.165) is 17.7 Å². The van der Waals surface area contributed by atoms with Gasteiger partial charge in [-0.25, -0.2) is 0 Å². The monoisotopic (exact) mass is 260 g/mol. The molecular weight excluding hydrogens is 236 g/mol. The van der Waals surface area contributed by atoms with Crippen LogP contribution in [0.25, 0.3) is 0 Å². The first kappa shape index (κ1) is 14.1. The van der Waals surface area contributed by atoms with Crippen molar-refractivity contribution in [3.05, 3.63) is 29.8 Å². The van der Waals surface area contributed by atoms with Crippen LogP contribution in [0.15, 0.2) is 24.3 Å². The average molecular weight is 260 g/mol. The molecule has 2 heteroatoms. The van der Waals surface area contributed by atoms with Crippen molar-refractivity contribution in [2.75, 3.05) is 7.11 Å². The van der Waals surface area contributed by atoms with Gasteiger partial charge in [0.25, 0.3) is 0 Å². The summed E-state index contributed by atoms with van der Waals surface area (Å²) < 4.78 is 5.11. The molecule has 1 aromatic carbocycles. The maximum atomic E-state index is 12.3. The first-order valence-corrected chi connectivity index (χ1v) is 7.44. The van der Waals surface area contributed by atoms with E-state index in [0.29, 0.717) is 11.7 Å². The molecule has 0 aromatic heterocycles. The van der Waals surface area contributed by atoms with Crippen molar-refractivity contribution < 1.29 is 9.53 Å². The number of ether oxygens (including phenoxy) is 1. The van der Waals surface area contributed by atoms with Gasteiger partial charge in [0.1, 0.15) is 5.75 Å². The molecule has 0 unspecified atom stereocenters. The SMILES string of the molecule is CCCCCC[C@H]1C[C@@H]1C(=O)c1ccc(OC)cc1. The third kappa shape index (κ3) is 3.82. The number of benzene rings is 1. The van der Waals surface area contributed by atoms with Gasteiger partial charge in [-0.15, -0.1) is 0 Å². The predicted octanol–water partition coefficient (Wildman–Crippen LogP) is 4.48. The summed E-state index contributed by atoms with van der Waals surface area (Å²) in [4.78, 5) is 12.3. The van der Waals surface area contributed by atoms with Gasteiger partial charge in [0.05, 0.1) is 7.11 Å². The van der Waals surface area contributed by atoms with Gasteiger partial charge in [0.2, 0.25) is 0 Å². The van der Waals surface area contributed by atoms with E-state index in [1.165, 1.54) is 32.1 Å². The second-order valence-corrected chi connectivity index (χ2v) is 5.54. The Labute approximate surface area is 116 Å². The molecule has 0 amide bonds. The van der Waals surface area contributed by atoms with Gasteiger partial charge < -0.3 is 4.74 Å². The maximum Gasteiger partial charge on any atom is 0.166 e. The third-order valence-corrected chi connectivity index (χ3v) is 4.06. The van der Waals surface area contributed by atoms with Crippen LogP contribution in [0.5, 0.6) is 5.75 Å². The Morgan fingerprint density at radius 2 is 1.95 bits per heavy atom. The summed E-state index contributed by atoms with van der Waals surface area (Å²) in [5.74, 6) is 2.06. The van der Waals surface area contributed by atoms with Crippen LogP contribution in [0.4, 0.5) is 0 Å². The molecule has 1 saturated carbocycles. The van der Waals surface area contributed by atoms with Crippen LogP contribution in [0, 0.1) is 11.8 Å². The summed E-state index contributed by atoms with van der Waals surface area (Å²) >= 11 is 0. The van der Waals surface area contributed by atoms with E-state index in [9.17, 15) is 4.79 Å². The lowest BCUT2D eigenvalue weighted by molar-refractivity contribution is 0.0960. The van der Waals surface area contributed by atoms with Crippen molar-refractivity contribution >= 4 is 5.78 Å². The molecule has 0 spiro atoms. The van der Waals surface area contributed by atoms with Crippen molar-refractivity contribution in [1.29, 1.82) is 0 Å².